The number of hydrogen-bond donors (Lipinski definition) is 1. The average molecular weight is 272 g/mol. The predicted octanol–water partition coefficient (Wildman–Crippen LogP) is -0.622. The van der Waals surface area contributed by atoms with Crippen LogP contribution in [0, 0.1) is 0 Å². The van der Waals surface area contributed by atoms with Crippen LogP contribution in [-0.4, -0.2) is 52.7 Å². The fourth-order valence-electron chi connectivity index (χ4n) is 1.61. The van der Waals surface area contributed by atoms with Gasteiger partial charge >= 0.3 is 5.97 Å². The maximum atomic E-state index is 12.1. The van der Waals surface area contributed by atoms with Crippen molar-refractivity contribution in [3.63, 3.8) is 0 Å². The molecule has 1 aromatic rings. The van der Waals surface area contributed by atoms with Crippen molar-refractivity contribution in [1.82, 2.24) is 9.39 Å². The summed E-state index contributed by atoms with van der Waals surface area (Å²) in [5, 5.41) is 8.57. The molecule has 1 aliphatic rings. The van der Waals surface area contributed by atoms with Crippen LogP contribution < -0.4 is 4.68 Å². The molecule has 1 N–H and O–H groups in total. The van der Waals surface area contributed by atoms with E-state index in [9.17, 15) is 9.59 Å². The third-order valence-corrected chi connectivity index (χ3v) is 3.34. The number of aryl methyl sites for hydroxylation is 1. The molecule has 0 aromatic carbocycles. The van der Waals surface area contributed by atoms with Crippen LogP contribution in [-0.2, 0) is 16.1 Å². The number of ether oxygens (including phenoxy) is 1. The molecule has 0 saturated carbocycles. The summed E-state index contributed by atoms with van der Waals surface area (Å²) in [6, 6.07) is 0. The van der Waals surface area contributed by atoms with Crippen molar-refractivity contribution in [3.05, 3.63) is 11.1 Å². The zero-order valence-electron chi connectivity index (χ0n) is 9.74. The fourth-order valence-corrected chi connectivity index (χ4v) is 2.31. The van der Waals surface area contributed by atoms with Gasteiger partial charge in [0.1, 0.15) is 6.42 Å². The van der Waals surface area contributed by atoms with Crippen molar-refractivity contribution in [2.24, 2.45) is 0 Å². The largest absolute Gasteiger partial charge is 0.481 e. The van der Waals surface area contributed by atoms with Gasteiger partial charge in [-0.05, 0) is 0 Å². The molecule has 2 rings (SSSR count). The summed E-state index contributed by atoms with van der Waals surface area (Å²) >= 11 is 1.09. The molecule has 0 atom stereocenters. The van der Waals surface area contributed by atoms with Gasteiger partial charge < -0.3 is 14.7 Å². The first-order valence-corrected chi connectivity index (χ1v) is 6.39. The molecular weight excluding hydrogens is 258 g/mol. The quantitative estimate of drug-likeness (QED) is 0.738. The van der Waals surface area contributed by atoms with Crippen molar-refractivity contribution in [1.29, 1.82) is 0 Å². The lowest BCUT2D eigenvalue weighted by molar-refractivity contribution is -0.745. The molecule has 0 bridgehead atoms. The molecule has 0 aliphatic carbocycles. The first kappa shape index (κ1) is 12.9. The molecule has 98 valence electrons. The molecule has 1 aliphatic heterocycles. The number of carbonyl (C=O) groups is 2. The smallest absolute Gasteiger partial charge is 0.309 e. The number of carboxylic acids is 1. The Balaban J connectivity index is 1.95. The van der Waals surface area contributed by atoms with Gasteiger partial charge in [-0.25, -0.2) is 0 Å². The summed E-state index contributed by atoms with van der Waals surface area (Å²) in [7, 11) is 0. The van der Waals surface area contributed by atoms with E-state index in [4.69, 9.17) is 9.84 Å². The lowest BCUT2D eigenvalue weighted by atomic mass is 10.3. The molecule has 0 unspecified atom stereocenters. The van der Waals surface area contributed by atoms with E-state index in [2.05, 4.69) is 4.49 Å². The van der Waals surface area contributed by atoms with Crippen LogP contribution in [0.4, 0.5) is 0 Å². The summed E-state index contributed by atoms with van der Waals surface area (Å²) in [6.45, 7) is 2.58. The lowest BCUT2D eigenvalue weighted by Gasteiger charge is -2.25. The van der Waals surface area contributed by atoms with Gasteiger partial charge in [-0.1, -0.05) is 4.68 Å². The zero-order chi connectivity index (χ0) is 13.0. The SMILES string of the molecule is O=C(O)CC[n+]1cc(C(=O)N2CCOCC2)sn1. The van der Waals surface area contributed by atoms with Gasteiger partial charge in [0.2, 0.25) is 6.20 Å². The molecular formula is C10H14N3O4S+. The van der Waals surface area contributed by atoms with Gasteiger partial charge in [0, 0.05) is 24.6 Å². The Morgan fingerprint density at radius 2 is 2.22 bits per heavy atom. The zero-order valence-corrected chi connectivity index (χ0v) is 10.6. The van der Waals surface area contributed by atoms with E-state index in [1.54, 1.807) is 11.1 Å². The van der Waals surface area contributed by atoms with Gasteiger partial charge in [0.25, 0.3) is 5.91 Å². The second-order valence-corrected chi connectivity index (χ2v) is 4.66. The molecule has 1 aromatic heterocycles. The molecule has 2 heterocycles. The highest BCUT2D eigenvalue weighted by atomic mass is 32.1. The Kier molecular flexibility index (Phi) is 4.21. The molecule has 1 fully saturated rings. The predicted molar refractivity (Wildman–Crippen MR) is 61.3 cm³/mol. The number of carbonyl (C=O) groups excluding carboxylic acids is 1. The summed E-state index contributed by atoms with van der Waals surface area (Å²) in [4.78, 5) is 24.7. The van der Waals surface area contributed by atoms with E-state index >= 15 is 0 Å². The number of nitrogens with zero attached hydrogens (tertiary/aromatic N) is 3. The van der Waals surface area contributed by atoms with E-state index in [1.807, 2.05) is 0 Å². The van der Waals surface area contributed by atoms with Gasteiger partial charge in [0.15, 0.2) is 11.4 Å². The second-order valence-electron chi connectivity index (χ2n) is 3.88. The Bertz CT molecular complexity index is 442. The summed E-state index contributed by atoms with van der Waals surface area (Å²) in [5.74, 6) is -0.943. The number of aromatic nitrogens is 2. The van der Waals surface area contributed by atoms with Crippen molar-refractivity contribution < 1.29 is 24.1 Å². The van der Waals surface area contributed by atoms with Crippen LogP contribution in [0.3, 0.4) is 0 Å². The van der Waals surface area contributed by atoms with E-state index in [1.165, 1.54) is 4.68 Å². The van der Waals surface area contributed by atoms with Crippen LogP contribution in [0.25, 0.3) is 0 Å². The normalized spacial score (nSPS) is 15.7. The van der Waals surface area contributed by atoms with Crippen LogP contribution in [0.2, 0.25) is 0 Å². The van der Waals surface area contributed by atoms with Crippen molar-refractivity contribution in [2.75, 3.05) is 26.3 Å². The minimum absolute atomic E-state index is 0.000412. The monoisotopic (exact) mass is 272 g/mol. The Morgan fingerprint density at radius 1 is 1.50 bits per heavy atom. The lowest BCUT2D eigenvalue weighted by Crippen LogP contribution is -2.41. The molecule has 0 spiro atoms. The molecule has 8 heteroatoms. The van der Waals surface area contributed by atoms with Crippen molar-refractivity contribution in [3.8, 4) is 0 Å². The summed E-state index contributed by atoms with van der Waals surface area (Å²) in [6.07, 6.45) is 1.60. The fraction of sp³-hybridized carbons (Fsp3) is 0.600. The maximum Gasteiger partial charge on any atom is 0.309 e. The van der Waals surface area contributed by atoms with Gasteiger partial charge in [-0.2, -0.15) is 0 Å². The Hall–Kier alpha value is -1.54. The summed E-state index contributed by atoms with van der Waals surface area (Å²) in [5.41, 5.74) is 0. The second kappa shape index (κ2) is 5.87. The van der Waals surface area contributed by atoms with Crippen LogP contribution in [0.5, 0.6) is 0 Å². The van der Waals surface area contributed by atoms with Gasteiger partial charge in [0.05, 0.1) is 17.7 Å². The molecule has 1 saturated heterocycles. The topological polar surface area (TPSA) is 83.6 Å². The van der Waals surface area contributed by atoms with Crippen molar-refractivity contribution in [2.45, 2.75) is 13.0 Å². The molecule has 7 nitrogen and oxygen atoms in total. The number of rotatable bonds is 4. The van der Waals surface area contributed by atoms with Crippen LogP contribution in [0.15, 0.2) is 6.20 Å². The Morgan fingerprint density at radius 3 is 2.89 bits per heavy atom. The number of carboxylic acid groups (broad SMARTS) is 1. The van der Waals surface area contributed by atoms with Crippen LogP contribution in [0.1, 0.15) is 16.1 Å². The highest BCUT2D eigenvalue weighted by Gasteiger charge is 2.24. The van der Waals surface area contributed by atoms with Crippen LogP contribution >= 0.6 is 11.5 Å². The standard InChI is InChI=1S/C10H13N3O4S/c14-9(15)1-2-13-7-8(18-11-13)10(16)12-3-5-17-6-4-12/h7H,1-6H2/p+1. The third kappa shape index (κ3) is 3.23. The minimum atomic E-state index is -0.878. The average Bonchev–Trinajstić information content (AvgIpc) is 2.85. The molecule has 1 amide bonds. The van der Waals surface area contributed by atoms with Gasteiger partial charge in [-0.3, -0.25) is 9.59 Å². The number of amides is 1. The van der Waals surface area contributed by atoms with E-state index in [0.717, 1.165) is 11.5 Å². The first-order chi connectivity index (χ1) is 8.66. The first-order valence-electron chi connectivity index (χ1n) is 5.62. The van der Waals surface area contributed by atoms with E-state index in [0.29, 0.717) is 31.2 Å². The molecule has 18 heavy (non-hydrogen) atoms. The number of morpholine rings is 1. The third-order valence-electron chi connectivity index (χ3n) is 2.57. The Labute approximate surface area is 108 Å². The molecule has 0 radical (unpaired) electrons. The number of hydrogen-bond acceptors (Lipinski definition) is 5. The van der Waals surface area contributed by atoms with E-state index < -0.39 is 5.97 Å². The van der Waals surface area contributed by atoms with E-state index in [-0.39, 0.29) is 18.9 Å². The summed E-state index contributed by atoms with van der Waals surface area (Å²) < 4.78 is 10.7. The highest BCUT2D eigenvalue weighted by Crippen LogP contribution is 2.08. The highest BCUT2D eigenvalue weighted by molar-refractivity contribution is 7.07. The minimum Gasteiger partial charge on any atom is -0.481 e. The number of aliphatic carboxylic acids is 1. The maximum absolute atomic E-state index is 12.1. The van der Waals surface area contributed by atoms with Gasteiger partial charge in [-0.15, -0.1) is 0 Å². The van der Waals surface area contributed by atoms with Crippen molar-refractivity contribution >= 4 is 23.4 Å².